The Balaban J connectivity index is 2.24. The molecule has 3 heterocycles. The van der Waals surface area contributed by atoms with Gasteiger partial charge in [0.1, 0.15) is 11.2 Å². The Bertz CT molecular complexity index is 1230. The number of sulfone groups is 1. The van der Waals surface area contributed by atoms with Crippen molar-refractivity contribution in [1.82, 2.24) is 24.4 Å². The second-order valence-electron chi connectivity index (χ2n) is 6.71. The fraction of sp³-hybridized carbons (Fsp3) is 0.333. The highest BCUT2D eigenvalue weighted by molar-refractivity contribution is 7.91. The SMILES string of the molecule is CCS(=O)(=O)c1cc(N=CN(C)C)cnc1-c1nc2cc(C(F)(F)F)cnc2n1C. The van der Waals surface area contributed by atoms with Gasteiger partial charge in [-0.2, -0.15) is 13.2 Å². The third-order valence-corrected chi connectivity index (χ3v) is 5.98. The summed E-state index contributed by atoms with van der Waals surface area (Å²) in [7, 11) is 1.33. The van der Waals surface area contributed by atoms with Crippen LogP contribution < -0.4 is 0 Å². The molecule has 0 bridgehead atoms. The zero-order valence-corrected chi connectivity index (χ0v) is 17.5. The summed E-state index contributed by atoms with van der Waals surface area (Å²) in [5.74, 6) is -0.102. The van der Waals surface area contributed by atoms with Gasteiger partial charge in [0.15, 0.2) is 21.3 Å². The second-order valence-corrected chi connectivity index (χ2v) is 8.96. The number of aryl methyl sites for hydroxylation is 1. The molecule has 3 aromatic rings. The average Bonchev–Trinajstić information content (AvgIpc) is 3.01. The van der Waals surface area contributed by atoms with E-state index in [-0.39, 0.29) is 33.3 Å². The van der Waals surface area contributed by atoms with Gasteiger partial charge < -0.3 is 9.47 Å². The summed E-state index contributed by atoms with van der Waals surface area (Å²) in [4.78, 5) is 18.0. The first-order chi connectivity index (χ1) is 13.9. The van der Waals surface area contributed by atoms with Gasteiger partial charge in [-0.25, -0.2) is 28.4 Å². The first kappa shape index (κ1) is 21.7. The summed E-state index contributed by atoms with van der Waals surface area (Å²) in [6.07, 6.45) is -0.988. The van der Waals surface area contributed by atoms with E-state index in [0.717, 1.165) is 6.07 Å². The van der Waals surface area contributed by atoms with E-state index < -0.39 is 21.6 Å². The number of pyridine rings is 2. The van der Waals surface area contributed by atoms with Crippen LogP contribution in [0.5, 0.6) is 0 Å². The topological polar surface area (TPSA) is 93.3 Å². The van der Waals surface area contributed by atoms with Gasteiger partial charge in [0.25, 0.3) is 0 Å². The molecule has 160 valence electrons. The maximum atomic E-state index is 13.0. The molecule has 0 N–H and O–H groups in total. The van der Waals surface area contributed by atoms with E-state index in [1.165, 1.54) is 37.1 Å². The molecule has 0 spiro atoms. The lowest BCUT2D eigenvalue weighted by molar-refractivity contribution is -0.137. The van der Waals surface area contributed by atoms with Gasteiger partial charge in [0.05, 0.1) is 34.4 Å². The number of fused-ring (bicyclic) bond motifs is 1. The predicted octanol–water partition coefficient (Wildman–Crippen LogP) is 3.06. The normalized spacial score (nSPS) is 12.8. The Morgan fingerprint density at radius 3 is 2.50 bits per heavy atom. The van der Waals surface area contributed by atoms with Crippen molar-refractivity contribution >= 4 is 33.0 Å². The van der Waals surface area contributed by atoms with E-state index in [1.54, 1.807) is 19.0 Å². The number of aliphatic imine (C=N–C) groups is 1. The number of rotatable bonds is 5. The van der Waals surface area contributed by atoms with Crippen molar-refractivity contribution in [3.05, 3.63) is 30.1 Å². The van der Waals surface area contributed by atoms with E-state index in [1.807, 2.05) is 0 Å². The Labute approximate surface area is 171 Å². The number of hydrogen-bond acceptors (Lipinski definition) is 6. The molecule has 0 saturated heterocycles. The lowest BCUT2D eigenvalue weighted by atomic mass is 10.2. The standard InChI is InChI=1S/C18H19F3N6O2S/c1-5-30(28,29)14-7-12(24-10-26(2)3)9-22-15(14)17-25-13-6-11(18(19,20)21)8-23-16(13)27(17)4/h6-10H,5H2,1-4H3. The highest BCUT2D eigenvalue weighted by atomic mass is 32.2. The summed E-state index contributed by atoms with van der Waals surface area (Å²) in [5.41, 5.74) is -0.444. The number of imidazole rings is 1. The minimum atomic E-state index is -4.57. The first-order valence-corrected chi connectivity index (χ1v) is 10.4. The Kier molecular flexibility index (Phi) is 5.54. The summed E-state index contributed by atoms with van der Waals surface area (Å²) in [6.45, 7) is 1.49. The molecule has 0 amide bonds. The van der Waals surface area contributed by atoms with Crippen LogP contribution in [0.2, 0.25) is 0 Å². The van der Waals surface area contributed by atoms with Crippen LogP contribution in [0, 0.1) is 0 Å². The van der Waals surface area contributed by atoms with Crippen molar-refractivity contribution in [3.63, 3.8) is 0 Å². The van der Waals surface area contributed by atoms with Crippen LogP contribution in [-0.4, -0.2) is 59.0 Å². The highest BCUT2D eigenvalue weighted by Crippen LogP contribution is 2.33. The van der Waals surface area contributed by atoms with Crippen LogP contribution in [0.4, 0.5) is 18.9 Å². The van der Waals surface area contributed by atoms with Gasteiger partial charge in [-0.15, -0.1) is 0 Å². The summed E-state index contributed by atoms with van der Waals surface area (Å²) in [6, 6.07) is 2.24. The zero-order chi connectivity index (χ0) is 22.3. The zero-order valence-electron chi connectivity index (χ0n) is 16.6. The van der Waals surface area contributed by atoms with Gasteiger partial charge in [0, 0.05) is 27.3 Å². The molecule has 0 fully saturated rings. The van der Waals surface area contributed by atoms with Crippen LogP contribution in [0.25, 0.3) is 22.7 Å². The molecule has 0 aliphatic heterocycles. The van der Waals surface area contributed by atoms with Gasteiger partial charge in [-0.1, -0.05) is 6.92 Å². The van der Waals surface area contributed by atoms with Gasteiger partial charge in [0.2, 0.25) is 0 Å². The molecule has 0 saturated carbocycles. The lowest BCUT2D eigenvalue weighted by Crippen LogP contribution is -2.09. The molecule has 0 radical (unpaired) electrons. The molecule has 0 aromatic carbocycles. The van der Waals surface area contributed by atoms with Gasteiger partial charge in [-0.3, -0.25) is 0 Å². The van der Waals surface area contributed by atoms with Crippen molar-refractivity contribution in [2.75, 3.05) is 19.8 Å². The quantitative estimate of drug-likeness (QED) is 0.447. The molecule has 3 rings (SSSR count). The first-order valence-electron chi connectivity index (χ1n) is 8.77. The third kappa shape index (κ3) is 4.13. The number of halogens is 3. The molecule has 3 aromatic heterocycles. The largest absolute Gasteiger partial charge is 0.417 e. The molecular weight excluding hydrogens is 421 g/mol. The smallest absolute Gasteiger partial charge is 0.369 e. The molecular formula is C18H19F3N6O2S. The number of alkyl halides is 3. The molecule has 30 heavy (non-hydrogen) atoms. The number of aromatic nitrogens is 4. The van der Waals surface area contributed by atoms with E-state index in [9.17, 15) is 21.6 Å². The molecule has 0 atom stereocenters. The number of nitrogens with zero attached hydrogens (tertiary/aromatic N) is 6. The van der Waals surface area contributed by atoms with Crippen molar-refractivity contribution in [2.24, 2.45) is 12.0 Å². The van der Waals surface area contributed by atoms with E-state index in [4.69, 9.17) is 0 Å². The van der Waals surface area contributed by atoms with Crippen molar-refractivity contribution in [2.45, 2.75) is 18.0 Å². The summed E-state index contributed by atoms with van der Waals surface area (Å²) < 4.78 is 65.8. The van der Waals surface area contributed by atoms with E-state index >= 15 is 0 Å². The average molecular weight is 440 g/mol. The predicted molar refractivity (Wildman–Crippen MR) is 106 cm³/mol. The fourth-order valence-electron chi connectivity index (χ4n) is 2.69. The molecule has 8 nitrogen and oxygen atoms in total. The minimum Gasteiger partial charge on any atom is -0.369 e. The maximum Gasteiger partial charge on any atom is 0.417 e. The van der Waals surface area contributed by atoms with E-state index in [2.05, 4.69) is 19.9 Å². The van der Waals surface area contributed by atoms with Crippen LogP contribution in [0.15, 0.2) is 34.4 Å². The summed E-state index contributed by atoms with van der Waals surface area (Å²) in [5, 5.41) is 0. The number of hydrogen-bond donors (Lipinski definition) is 0. The van der Waals surface area contributed by atoms with Crippen LogP contribution in [0.1, 0.15) is 12.5 Å². The molecule has 12 heteroatoms. The minimum absolute atomic E-state index is 0.0151. The van der Waals surface area contributed by atoms with Gasteiger partial charge in [-0.05, 0) is 12.1 Å². The van der Waals surface area contributed by atoms with Gasteiger partial charge >= 0.3 is 6.18 Å². The van der Waals surface area contributed by atoms with Crippen molar-refractivity contribution in [1.29, 1.82) is 0 Å². The monoisotopic (exact) mass is 440 g/mol. The third-order valence-electron chi connectivity index (χ3n) is 4.24. The second kappa shape index (κ2) is 7.67. The molecule has 0 aliphatic rings. The molecule has 0 aliphatic carbocycles. The fourth-order valence-corrected chi connectivity index (χ4v) is 3.74. The van der Waals surface area contributed by atoms with Crippen LogP contribution in [0.3, 0.4) is 0 Å². The highest BCUT2D eigenvalue weighted by Gasteiger charge is 2.32. The maximum absolute atomic E-state index is 13.0. The Morgan fingerprint density at radius 1 is 1.20 bits per heavy atom. The van der Waals surface area contributed by atoms with Crippen LogP contribution >= 0.6 is 0 Å². The summed E-state index contributed by atoms with van der Waals surface area (Å²) >= 11 is 0. The Morgan fingerprint density at radius 2 is 1.90 bits per heavy atom. The molecule has 0 unspecified atom stereocenters. The van der Waals surface area contributed by atoms with Crippen molar-refractivity contribution in [3.8, 4) is 11.5 Å². The Hall–Kier alpha value is -3.02. The van der Waals surface area contributed by atoms with E-state index in [0.29, 0.717) is 11.9 Å². The lowest BCUT2D eigenvalue weighted by Gasteiger charge is -2.10. The van der Waals surface area contributed by atoms with Crippen molar-refractivity contribution < 1.29 is 21.6 Å². The van der Waals surface area contributed by atoms with Crippen LogP contribution in [-0.2, 0) is 23.1 Å².